The van der Waals surface area contributed by atoms with E-state index in [0.717, 1.165) is 11.3 Å². The number of hydrogen-bond donors (Lipinski definition) is 0. The summed E-state index contributed by atoms with van der Waals surface area (Å²) in [7, 11) is 0. The Morgan fingerprint density at radius 3 is 1.86 bits per heavy atom. The van der Waals surface area contributed by atoms with Crippen molar-refractivity contribution in [3.63, 3.8) is 0 Å². The van der Waals surface area contributed by atoms with Crippen molar-refractivity contribution in [2.45, 2.75) is 70.7 Å². The van der Waals surface area contributed by atoms with Crippen LogP contribution in [0.1, 0.15) is 80.6 Å². The van der Waals surface area contributed by atoms with E-state index in [9.17, 15) is 9.59 Å². The average Bonchev–Trinajstić information content (AvgIpc) is 3.64. The van der Waals surface area contributed by atoms with E-state index < -0.39 is 17.2 Å². The molecule has 0 amide bonds. The molecule has 2 atom stereocenters. The van der Waals surface area contributed by atoms with E-state index in [1.807, 2.05) is 107 Å². The molecule has 0 aromatic heterocycles. The number of carbonyl (C=O) groups excluding carboxylic acids is 2. The van der Waals surface area contributed by atoms with Gasteiger partial charge in [0.25, 0.3) is 0 Å². The van der Waals surface area contributed by atoms with Crippen LogP contribution in [0.15, 0.2) is 97.1 Å². The van der Waals surface area contributed by atoms with Crippen LogP contribution in [0.5, 0.6) is 5.75 Å². The molecule has 6 nitrogen and oxygen atoms in total. The number of esters is 2. The Bertz CT molecular complexity index is 1650. The second kappa shape index (κ2) is 11.2. The van der Waals surface area contributed by atoms with Crippen molar-refractivity contribution in [2.75, 3.05) is 11.5 Å². The van der Waals surface area contributed by atoms with Gasteiger partial charge in [-0.05, 0) is 93.6 Å². The van der Waals surface area contributed by atoms with Gasteiger partial charge in [0, 0.05) is 5.92 Å². The summed E-state index contributed by atoms with van der Waals surface area (Å²) in [5.74, 6) is 0.0225. The number of ether oxygens (including phenoxy) is 3. The van der Waals surface area contributed by atoms with E-state index in [1.165, 1.54) is 22.3 Å². The number of benzene rings is 4. The second-order valence-corrected chi connectivity index (χ2v) is 13.5. The number of anilines is 1. The monoisotopic (exact) mass is 589 g/mol. The third-order valence-corrected chi connectivity index (χ3v) is 7.85. The van der Waals surface area contributed by atoms with E-state index in [4.69, 9.17) is 14.2 Å². The molecule has 0 bridgehead atoms. The summed E-state index contributed by atoms with van der Waals surface area (Å²) >= 11 is 0. The van der Waals surface area contributed by atoms with Crippen LogP contribution in [0, 0.1) is 0 Å². The first kappa shape index (κ1) is 29.5. The first-order chi connectivity index (χ1) is 20.9. The molecule has 1 fully saturated rings. The van der Waals surface area contributed by atoms with E-state index in [2.05, 4.69) is 24.3 Å². The van der Waals surface area contributed by atoms with E-state index in [0.29, 0.717) is 11.3 Å². The van der Waals surface area contributed by atoms with Gasteiger partial charge in [0.1, 0.15) is 23.6 Å². The maximum Gasteiger partial charge on any atom is 0.338 e. The summed E-state index contributed by atoms with van der Waals surface area (Å²) in [6, 6.07) is 30.9. The van der Waals surface area contributed by atoms with Crippen LogP contribution in [0.3, 0.4) is 0 Å². The van der Waals surface area contributed by atoms with Crippen molar-refractivity contribution < 1.29 is 23.8 Å². The van der Waals surface area contributed by atoms with Crippen molar-refractivity contribution in [3.8, 4) is 16.9 Å². The molecule has 0 N–H and O–H groups in total. The molecule has 1 aliphatic carbocycles. The molecular formula is C38H39NO5. The molecule has 0 unspecified atom stereocenters. The number of carbonyl (C=O) groups is 2. The van der Waals surface area contributed by atoms with Crippen LogP contribution in [0.25, 0.3) is 11.1 Å². The van der Waals surface area contributed by atoms with Crippen molar-refractivity contribution in [1.29, 1.82) is 0 Å². The normalized spacial score (nSPS) is 17.5. The smallest absolute Gasteiger partial charge is 0.338 e. The van der Waals surface area contributed by atoms with Gasteiger partial charge >= 0.3 is 11.9 Å². The largest absolute Gasteiger partial charge is 0.486 e. The van der Waals surface area contributed by atoms with E-state index in [-0.39, 0.29) is 30.5 Å². The highest BCUT2D eigenvalue weighted by Crippen LogP contribution is 2.51. The zero-order valence-electron chi connectivity index (χ0n) is 26.2. The molecule has 6 heteroatoms. The van der Waals surface area contributed by atoms with Crippen LogP contribution < -0.4 is 9.64 Å². The van der Waals surface area contributed by atoms with Gasteiger partial charge in [0.05, 0.1) is 17.3 Å². The fourth-order valence-corrected chi connectivity index (χ4v) is 6.06. The minimum Gasteiger partial charge on any atom is -0.486 e. The van der Waals surface area contributed by atoms with Crippen molar-refractivity contribution in [3.05, 3.63) is 119 Å². The molecule has 1 saturated heterocycles. The Kier molecular flexibility index (Phi) is 7.48. The highest BCUT2D eigenvalue weighted by molar-refractivity contribution is 5.92. The lowest BCUT2D eigenvalue weighted by Gasteiger charge is -2.24. The number of rotatable bonds is 7. The molecule has 2 aliphatic rings. The van der Waals surface area contributed by atoms with Gasteiger partial charge in [0.15, 0.2) is 6.04 Å². The molecule has 0 saturated carbocycles. The topological polar surface area (TPSA) is 64.8 Å². The van der Waals surface area contributed by atoms with Crippen LogP contribution >= 0.6 is 0 Å². The molecule has 6 rings (SSSR count). The van der Waals surface area contributed by atoms with Crippen LogP contribution in [-0.4, -0.2) is 35.8 Å². The Labute approximate surface area is 259 Å². The lowest BCUT2D eigenvalue weighted by molar-refractivity contribution is -0.154. The Morgan fingerprint density at radius 2 is 1.27 bits per heavy atom. The summed E-state index contributed by atoms with van der Waals surface area (Å²) in [5.41, 5.74) is 5.90. The van der Waals surface area contributed by atoms with Gasteiger partial charge in [-0.15, -0.1) is 0 Å². The maximum absolute atomic E-state index is 13.4. The second-order valence-electron chi connectivity index (χ2n) is 13.5. The Balaban J connectivity index is 1.21. The standard InChI is InChI=1S/C38H39NO5/c1-37(2,3)43-32-18-12-11-17-31(32)39-33(34(39)36(41)44-38(4,5)6)24-19-21-25(22-20-24)35(40)42-23-30-28-15-9-7-13-26(28)27-14-8-10-16-29(27)30/h7-22,30,33-34H,23H2,1-6H3/t33-,34-,39?/m1/s1. The summed E-state index contributed by atoms with van der Waals surface area (Å²) in [6.45, 7) is 11.9. The fourth-order valence-electron chi connectivity index (χ4n) is 6.06. The van der Waals surface area contributed by atoms with Gasteiger partial charge in [-0.1, -0.05) is 72.8 Å². The third-order valence-electron chi connectivity index (χ3n) is 7.85. The van der Waals surface area contributed by atoms with Gasteiger partial charge in [-0.2, -0.15) is 0 Å². The fraction of sp³-hybridized carbons (Fsp3) is 0.316. The third kappa shape index (κ3) is 5.94. The van der Waals surface area contributed by atoms with E-state index in [1.54, 1.807) is 12.1 Å². The van der Waals surface area contributed by atoms with Gasteiger partial charge in [-0.3, -0.25) is 0 Å². The summed E-state index contributed by atoms with van der Waals surface area (Å²) in [5, 5.41) is 0. The molecule has 0 spiro atoms. The van der Waals surface area contributed by atoms with Crippen LogP contribution in [0.4, 0.5) is 5.69 Å². The molecule has 1 heterocycles. The summed E-state index contributed by atoms with van der Waals surface area (Å²) in [4.78, 5) is 28.6. The predicted molar refractivity (Wildman–Crippen MR) is 172 cm³/mol. The van der Waals surface area contributed by atoms with E-state index >= 15 is 0 Å². The SMILES string of the molecule is CC(C)(C)OC(=O)[C@H]1[C@@H](c2ccc(C(=O)OCC3c4ccccc4-c4ccccc43)cc2)N1c1ccccc1OC(C)(C)C. The molecule has 1 aliphatic heterocycles. The van der Waals surface area contributed by atoms with Crippen molar-refractivity contribution in [2.24, 2.45) is 0 Å². The summed E-state index contributed by atoms with van der Waals surface area (Å²) < 4.78 is 17.9. The van der Waals surface area contributed by atoms with Gasteiger partial charge in [0.2, 0.25) is 0 Å². The average molecular weight is 590 g/mol. The van der Waals surface area contributed by atoms with Gasteiger partial charge in [-0.25, -0.2) is 9.59 Å². The van der Waals surface area contributed by atoms with Crippen LogP contribution in [0.2, 0.25) is 0 Å². The number of fused-ring (bicyclic) bond motifs is 3. The zero-order chi connectivity index (χ0) is 31.2. The minimum atomic E-state index is -0.620. The Hall–Kier alpha value is -4.58. The molecule has 4 aromatic rings. The molecule has 4 aromatic carbocycles. The quantitative estimate of drug-likeness (QED) is 0.160. The lowest BCUT2D eigenvalue weighted by atomic mass is 9.98. The highest BCUT2D eigenvalue weighted by atomic mass is 16.6. The molecule has 226 valence electrons. The molecular weight excluding hydrogens is 550 g/mol. The molecule has 0 radical (unpaired) electrons. The Morgan fingerprint density at radius 1 is 0.705 bits per heavy atom. The van der Waals surface area contributed by atoms with Crippen molar-refractivity contribution in [1.82, 2.24) is 0 Å². The number of nitrogens with zero attached hydrogens (tertiary/aromatic N) is 1. The zero-order valence-corrected chi connectivity index (χ0v) is 26.2. The molecule has 44 heavy (non-hydrogen) atoms. The predicted octanol–water partition coefficient (Wildman–Crippen LogP) is 8.10. The lowest BCUT2D eigenvalue weighted by Crippen LogP contribution is -2.28. The first-order valence-electron chi connectivity index (χ1n) is 15.2. The van der Waals surface area contributed by atoms with Crippen LogP contribution in [-0.2, 0) is 14.3 Å². The van der Waals surface area contributed by atoms with Crippen molar-refractivity contribution >= 4 is 17.6 Å². The maximum atomic E-state index is 13.4. The summed E-state index contributed by atoms with van der Waals surface area (Å²) in [6.07, 6.45) is 0. The highest BCUT2D eigenvalue weighted by Gasteiger charge is 2.56. The number of para-hydroxylation sites is 2. The first-order valence-corrected chi connectivity index (χ1v) is 15.2. The van der Waals surface area contributed by atoms with Gasteiger partial charge < -0.3 is 19.1 Å². The minimum absolute atomic E-state index is 0.00406. The number of hydrogen-bond acceptors (Lipinski definition) is 6.